The maximum atomic E-state index is 12.1. The van der Waals surface area contributed by atoms with Crippen molar-refractivity contribution >= 4 is 15.7 Å². The van der Waals surface area contributed by atoms with E-state index in [1.807, 2.05) is 0 Å². The van der Waals surface area contributed by atoms with Crippen LogP contribution < -0.4 is 15.2 Å². The molecule has 0 bridgehead atoms. The molecule has 0 unspecified atom stereocenters. The van der Waals surface area contributed by atoms with Crippen LogP contribution in [0.3, 0.4) is 0 Å². The van der Waals surface area contributed by atoms with E-state index in [2.05, 4.69) is 14.7 Å². The first-order valence-electron chi connectivity index (χ1n) is 5.94. The van der Waals surface area contributed by atoms with Gasteiger partial charge in [-0.15, -0.1) is 0 Å². The predicted octanol–water partition coefficient (Wildman–Crippen LogP) is 0.521. The summed E-state index contributed by atoms with van der Waals surface area (Å²) in [4.78, 5) is 7.03. The number of benzene rings is 1. The normalized spacial score (nSPS) is 11.4. The monoisotopic (exact) mass is 296 g/mol. The fourth-order valence-corrected chi connectivity index (χ4v) is 2.77. The van der Waals surface area contributed by atoms with Gasteiger partial charge >= 0.3 is 0 Å². The smallest absolute Gasteiger partial charge is 0.240 e. The minimum atomic E-state index is -3.59. The van der Waals surface area contributed by atoms with E-state index in [4.69, 9.17) is 10.5 Å². The van der Waals surface area contributed by atoms with Gasteiger partial charge in [-0.25, -0.2) is 18.1 Å². The molecule has 20 heavy (non-hydrogen) atoms. The van der Waals surface area contributed by atoms with E-state index in [0.717, 1.165) is 5.82 Å². The molecule has 8 heteroatoms. The number of aromatic amines is 1. The minimum absolute atomic E-state index is 0.107. The van der Waals surface area contributed by atoms with Crippen molar-refractivity contribution < 1.29 is 13.2 Å². The molecule has 0 radical (unpaired) electrons. The number of aromatic nitrogens is 2. The molecule has 1 heterocycles. The molecule has 7 nitrogen and oxygen atoms in total. The van der Waals surface area contributed by atoms with Crippen molar-refractivity contribution in [3.8, 4) is 5.75 Å². The second kappa shape index (κ2) is 5.93. The van der Waals surface area contributed by atoms with Crippen LogP contribution in [-0.4, -0.2) is 32.0 Å². The molecule has 108 valence electrons. The lowest BCUT2D eigenvalue weighted by Crippen LogP contribution is -2.26. The molecule has 0 aliphatic rings. The van der Waals surface area contributed by atoms with Gasteiger partial charge in [-0.05, 0) is 18.2 Å². The first-order valence-corrected chi connectivity index (χ1v) is 7.42. The Morgan fingerprint density at radius 3 is 2.85 bits per heavy atom. The van der Waals surface area contributed by atoms with Gasteiger partial charge in [-0.1, -0.05) is 0 Å². The Bertz CT molecular complexity index is 668. The van der Waals surface area contributed by atoms with Crippen molar-refractivity contribution in [2.45, 2.75) is 11.3 Å². The Hall–Kier alpha value is -2.06. The summed E-state index contributed by atoms with van der Waals surface area (Å²) in [7, 11) is -2.11. The maximum Gasteiger partial charge on any atom is 0.240 e. The Labute approximate surface area is 117 Å². The fraction of sp³-hybridized carbons (Fsp3) is 0.250. The second-order valence-corrected chi connectivity index (χ2v) is 5.85. The largest absolute Gasteiger partial charge is 0.495 e. The van der Waals surface area contributed by atoms with Crippen LogP contribution in [0.1, 0.15) is 5.82 Å². The first kappa shape index (κ1) is 14.4. The number of nitrogens with one attached hydrogen (secondary N) is 2. The van der Waals surface area contributed by atoms with Crippen LogP contribution in [0.25, 0.3) is 0 Å². The molecule has 0 amide bonds. The van der Waals surface area contributed by atoms with Crippen molar-refractivity contribution in [1.29, 1.82) is 0 Å². The summed E-state index contributed by atoms with van der Waals surface area (Å²) >= 11 is 0. The van der Waals surface area contributed by atoms with Gasteiger partial charge in [0.15, 0.2) is 0 Å². The molecular weight excluding hydrogens is 280 g/mol. The Balaban J connectivity index is 2.04. The maximum absolute atomic E-state index is 12.1. The van der Waals surface area contributed by atoms with Crippen molar-refractivity contribution in [2.75, 3.05) is 19.4 Å². The molecule has 0 aliphatic carbocycles. The number of anilines is 1. The summed E-state index contributed by atoms with van der Waals surface area (Å²) in [5, 5.41) is 0. The van der Waals surface area contributed by atoms with Crippen molar-refractivity contribution in [2.24, 2.45) is 0 Å². The van der Waals surface area contributed by atoms with Crippen LogP contribution in [0.15, 0.2) is 35.5 Å². The second-order valence-electron chi connectivity index (χ2n) is 4.09. The number of H-pyrrole nitrogens is 1. The lowest BCUT2D eigenvalue weighted by Gasteiger charge is -2.09. The van der Waals surface area contributed by atoms with Crippen molar-refractivity contribution in [1.82, 2.24) is 14.7 Å². The topological polar surface area (TPSA) is 110 Å². The average molecular weight is 296 g/mol. The molecule has 0 spiro atoms. The Morgan fingerprint density at radius 1 is 1.45 bits per heavy atom. The number of methoxy groups -OCH3 is 1. The SMILES string of the molecule is COc1ccc(S(=O)(=O)NCCc2ncc[nH]2)cc1N. The molecule has 4 N–H and O–H groups in total. The van der Waals surface area contributed by atoms with Gasteiger partial charge in [0.2, 0.25) is 10.0 Å². The Kier molecular flexibility index (Phi) is 4.26. The number of sulfonamides is 1. The first-order chi connectivity index (χ1) is 9.53. The zero-order chi connectivity index (χ0) is 14.6. The van der Waals surface area contributed by atoms with Crippen LogP contribution in [0.5, 0.6) is 5.75 Å². The van der Waals surface area contributed by atoms with Gasteiger partial charge in [0.1, 0.15) is 11.6 Å². The number of nitrogens with two attached hydrogens (primary N) is 1. The molecular formula is C12H16N4O3S. The highest BCUT2D eigenvalue weighted by Crippen LogP contribution is 2.24. The molecule has 0 saturated heterocycles. The molecule has 2 aromatic rings. The minimum Gasteiger partial charge on any atom is -0.495 e. The number of imidazole rings is 1. The zero-order valence-electron chi connectivity index (χ0n) is 11.0. The predicted molar refractivity (Wildman–Crippen MR) is 74.9 cm³/mol. The standard InChI is InChI=1S/C12H16N4O3S/c1-19-11-3-2-9(8-10(11)13)20(17,18)16-5-4-12-14-6-7-15-12/h2-3,6-8,16H,4-5,13H2,1H3,(H,14,15). The van der Waals surface area contributed by atoms with Gasteiger partial charge in [0.25, 0.3) is 0 Å². The third kappa shape index (κ3) is 3.28. The van der Waals surface area contributed by atoms with Crippen LogP contribution >= 0.6 is 0 Å². The van der Waals surface area contributed by atoms with Gasteiger partial charge in [-0.3, -0.25) is 0 Å². The van der Waals surface area contributed by atoms with Crippen molar-refractivity contribution in [3.05, 3.63) is 36.4 Å². The summed E-state index contributed by atoms with van der Waals surface area (Å²) in [5.74, 6) is 1.17. The van der Waals surface area contributed by atoms with Crippen LogP contribution in [0.2, 0.25) is 0 Å². The molecule has 0 aliphatic heterocycles. The fourth-order valence-electron chi connectivity index (χ4n) is 1.70. The molecule has 0 atom stereocenters. The van der Waals surface area contributed by atoms with E-state index >= 15 is 0 Å². The van der Waals surface area contributed by atoms with Gasteiger partial charge < -0.3 is 15.5 Å². The van der Waals surface area contributed by atoms with E-state index in [9.17, 15) is 8.42 Å². The van der Waals surface area contributed by atoms with E-state index in [-0.39, 0.29) is 17.1 Å². The average Bonchev–Trinajstić information content (AvgIpc) is 2.91. The van der Waals surface area contributed by atoms with E-state index in [1.165, 1.54) is 25.3 Å². The number of nitrogens with zero attached hydrogens (tertiary/aromatic N) is 1. The van der Waals surface area contributed by atoms with E-state index in [1.54, 1.807) is 12.4 Å². The third-order valence-corrected chi connectivity index (χ3v) is 4.18. The van der Waals surface area contributed by atoms with E-state index < -0.39 is 10.0 Å². The van der Waals surface area contributed by atoms with Gasteiger partial charge in [0.05, 0.1) is 17.7 Å². The zero-order valence-corrected chi connectivity index (χ0v) is 11.8. The van der Waals surface area contributed by atoms with Gasteiger partial charge in [-0.2, -0.15) is 0 Å². The quantitative estimate of drug-likeness (QED) is 0.673. The van der Waals surface area contributed by atoms with Crippen LogP contribution in [0, 0.1) is 0 Å². The Morgan fingerprint density at radius 2 is 2.25 bits per heavy atom. The van der Waals surface area contributed by atoms with Crippen molar-refractivity contribution in [3.63, 3.8) is 0 Å². The molecule has 0 saturated carbocycles. The highest BCUT2D eigenvalue weighted by Gasteiger charge is 2.15. The number of ether oxygens (including phenoxy) is 1. The van der Waals surface area contributed by atoms with Crippen LogP contribution in [-0.2, 0) is 16.4 Å². The summed E-state index contributed by atoms with van der Waals surface area (Å²) < 4.78 is 31.6. The lowest BCUT2D eigenvalue weighted by atomic mass is 10.3. The summed E-state index contributed by atoms with van der Waals surface area (Å²) in [6.45, 7) is 0.252. The summed E-state index contributed by atoms with van der Waals surface area (Å²) in [5.41, 5.74) is 5.98. The summed E-state index contributed by atoms with van der Waals surface area (Å²) in [6.07, 6.45) is 3.79. The summed E-state index contributed by atoms with van der Waals surface area (Å²) in [6, 6.07) is 4.34. The number of hydrogen-bond acceptors (Lipinski definition) is 5. The van der Waals surface area contributed by atoms with Gasteiger partial charge in [0, 0.05) is 25.4 Å². The molecule has 2 rings (SSSR count). The molecule has 1 aromatic heterocycles. The number of hydrogen-bond donors (Lipinski definition) is 3. The highest BCUT2D eigenvalue weighted by atomic mass is 32.2. The molecule has 1 aromatic carbocycles. The molecule has 0 fully saturated rings. The highest BCUT2D eigenvalue weighted by molar-refractivity contribution is 7.89. The lowest BCUT2D eigenvalue weighted by molar-refractivity contribution is 0.416. The third-order valence-electron chi connectivity index (χ3n) is 2.72. The number of rotatable bonds is 6. The number of nitrogen functional groups attached to an aromatic ring is 1. The van der Waals surface area contributed by atoms with E-state index in [0.29, 0.717) is 12.2 Å². The van der Waals surface area contributed by atoms with Crippen LogP contribution in [0.4, 0.5) is 5.69 Å².